The first kappa shape index (κ1) is 16.6. The summed E-state index contributed by atoms with van der Waals surface area (Å²) in [6.07, 6.45) is 2.20. The summed E-state index contributed by atoms with van der Waals surface area (Å²) in [5.74, 6) is -0.263. The molecule has 1 aromatic carbocycles. The van der Waals surface area contributed by atoms with Gasteiger partial charge < -0.3 is 10.6 Å². The van der Waals surface area contributed by atoms with Crippen LogP contribution < -0.4 is 10.6 Å². The standard InChI is InChI=1S/C16H18N2O2S2/c1-11(19)17-14(15-7-4-8-22-15)10-16(20)18-12-5-3-6-13(9-12)21-2/h3-9,14H,10H2,1-2H3,(H,17,19)(H,18,20)/t14-/m0/s1. The molecule has 4 nitrogen and oxygen atoms in total. The van der Waals surface area contributed by atoms with Crippen LogP contribution in [0.1, 0.15) is 24.3 Å². The first-order valence-corrected chi connectivity index (χ1v) is 8.93. The van der Waals surface area contributed by atoms with Crippen molar-refractivity contribution >= 4 is 40.6 Å². The molecule has 0 saturated carbocycles. The minimum atomic E-state index is -0.291. The molecule has 0 saturated heterocycles. The third kappa shape index (κ3) is 4.89. The van der Waals surface area contributed by atoms with Gasteiger partial charge in [0.2, 0.25) is 11.8 Å². The molecule has 2 amide bonds. The van der Waals surface area contributed by atoms with Crippen molar-refractivity contribution in [3.8, 4) is 0 Å². The Hall–Kier alpha value is -1.79. The molecular formula is C16H18N2O2S2. The van der Waals surface area contributed by atoms with E-state index in [0.29, 0.717) is 0 Å². The van der Waals surface area contributed by atoms with Crippen LogP contribution in [0, 0.1) is 0 Å². The molecule has 2 N–H and O–H groups in total. The summed E-state index contributed by atoms with van der Waals surface area (Å²) in [6, 6.07) is 11.2. The van der Waals surface area contributed by atoms with Crippen molar-refractivity contribution in [2.75, 3.05) is 11.6 Å². The first-order chi connectivity index (χ1) is 10.6. The van der Waals surface area contributed by atoms with Gasteiger partial charge in [-0.15, -0.1) is 23.1 Å². The van der Waals surface area contributed by atoms with E-state index in [2.05, 4.69) is 10.6 Å². The number of hydrogen-bond donors (Lipinski definition) is 2. The minimum absolute atomic E-state index is 0.120. The highest BCUT2D eigenvalue weighted by Crippen LogP contribution is 2.23. The lowest BCUT2D eigenvalue weighted by Crippen LogP contribution is -2.29. The molecule has 0 aliphatic rings. The maximum absolute atomic E-state index is 12.2. The quantitative estimate of drug-likeness (QED) is 0.792. The Balaban J connectivity index is 2.03. The van der Waals surface area contributed by atoms with Gasteiger partial charge in [-0.1, -0.05) is 12.1 Å². The van der Waals surface area contributed by atoms with Gasteiger partial charge in [-0.25, -0.2) is 0 Å². The van der Waals surface area contributed by atoms with Crippen LogP contribution in [0.15, 0.2) is 46.7 Å². The zero-order chi connectivity index (χ0) is 15.9. The second-order valence-electron chi connectivity index (χ2n) is 4.75. The number of thioether (sulfide) groups is 1. The summed E-state index contributed by atoms with van der Waals surface area (Å²) >= 11 is 3.15. The maximum Gasteiger partial charge on any atom is 0.226 e. The van der Waals surface area contributed by atoms with Crippen molar-refractivity contribution < 1.29 is 9.59 Å². The number of anilines is 1. The van der Waals surface area contributed by atoms with E-state index in [-0.39, 0.29) is 24.3 Å². The smallest absolute Gasteiger partial charge is 0.226 e. The second-order valence-corrected chi connectivity index (χ2v) is 6.61. The topological polar surface area (TPSA) is 58.2 Å². The number of rotatable bonds is 6. The van der Waals surface area contributed by atoms with Crippen LogP contribution in [0.3, 0.4) is 0 Å². The molecule has 0 spiro atoms. The molecule has 0 aliphatic carbocycles. The zero-order valence-electron chi connectivity index (χ0n) is 12.5. The Morgan fingerprint density at radius 2 is 2.09 bits per heavy atom. The van der Waals surface area contributed by atoms with Crippen LogP contribution in [0.25, 0.3) is 0 Å². The lowest BCUT2D eigenvalue weighted by atomic mass is 10.1. The number of thiophene rings is 1. The molecule has 0 unspecified atom stereocenters. The minimum Gasteiger partial charge on any atom is -0.348 e. The van der Waals surface area contributed by atoms with Crippen LogP contribution >= 0.6 is 23.1 Å². The highest BCUT2D eigenvalue weighted by Gasteiger charge is 2.18. The van der Waals surface area contributed by atoms with Crippen LogP contribution in [-0.4, -0.2) is 18.1 Å². The van der Waals surface area contributed by atoms with Gasteiger partial charge in [-0.05, 0) is 35.9 Å². The Bertz CT molecular complexity index is 641. The molecule has 0 aliphatic heterocycles. The molecule has 1 heterocycles. The number of amides is 2. The van der Waals surface area contributed by atoms with Crippen molar-refractivity contribution in [3.05, 3.63) is 46.7 Å². The lowest BCUT2D eigenvalue weighted by Gasteiger charge is -2.16. The van der Waals surface area contributed by atoms with Crippen molar-refractivity contribution in [3.63, 3.8) is 0 Å². The Morgan fingerprint density at radius 3 is 2.73 bits per heavy atom. The van der Waals surface area contributed by atoms with Gasteiger partial charge >= 0.3 is 0 Å². The molecule has 0 radical (unpaired) electrons. The molecule has 1 aromatic heterocycles. The third-order valence-electron chi connectivity index (χ3n) is 3.01. The summed E-state index contributed by atoms with van der Waals surface area (Å²) in [6.45, 7) is 1.46. The second kappa shape index (κ2) is 8.00. The monoisotopic (exact) mass is 334 g/mol. The number of hydrogen-bond acceptors (Lipinski definition) is 4. The Morgan fingerprint density at radius 1 is 1.27 bits per heavy atom. The van der Waals surface area contributed by atoms with Gasteiger partial charge in [0.15, 0.2) is 0 Å². The van der Waals surface area contributed by atoms with E-state index in [0.717, 1.165) is 15.5 Å². The predicted octanol–water partition coefficient (Wildman–Crippen LogP) is 3.68. The third-order valence-corrected chi connectivity index (χ3v) is 4.72. The summed E-state index contributed by atoms with van der Waals surface area (Å²) in [5.41, 5.74) is 0.768. The van der Waals surface area contributed by atoms with Crippen molar-refractivity contribution in [2.24, 2.45) is 0 Å². The number of carbonyl (C=O) groups is 2. The lowest BCUT2D eigenvalue weighted by molar-refractivity contribution is -0.120. The predicted molar refractivity (Wildman–Crippen MR) is 92.3 cm³/mol. The number of nitrogens with one attached hydrogen (secondary N) is 2. The highest BCUT2D eigenvalue weighted by atomic mass is 32.2. The Kier molecular flexibility index (Phi) is 6.03. The highest BCUT2D eigenvalue weighted by molar-refractivity contribution is 7.98. The van der Waals surface area contributed by atoms with E-state index < -0.39 is 0 Å². The average molecular weight is 334 g/mol. The van der Waals surface area contributed by atoms with E-state index in [1.54, 1.807) is 11.8 Å². The fourth-order valence-electron chi connectivity index (χ4n) is 2.06. The van der Waals surface area contributed by atoms with E-state index in [4.69, 9.17) is 0 Å². The number of benzene rings is 1. The molecule has 0 fully saturated rings. The van der Waals surface area contributed by atoms with Crippen LogP contribution in [0.2, 0.25) is 0 Å². The average Bonchev–Trinajstić information content (AvgIpc) is 3.00. The molecule has 6 heteroatoms. The van der Waals surface area contributed by atoms with E-state index in [9.17, 15) is 9.59 Å². The molecule has 22 heavy (non-hydrogen) atoms. The summed E-state index contributed by atoms with van der Waals surface area (Å²) in [7, 11) is 0. The first-order valence-electron chi connectivity index (χ1n) is 6.83. The van der Waals surface area contributed by atoms with Gasteiger partial charge in [0.25, 0.3) is 0 Å². The maximum atomic E-state index is 12.2. The normalized spacial score (nSPS) is 11.7. The summed E-state index contributed by atoms with van der Waals surface area (Å²) in [4.78, 5) is 25.6. The molecule has 0 bridgehead atoms. The van der Waals surface area contributed by atoms with Crippen LogP contribution in [0.4, 0.5) is 5.69 Å². The molecule has 1 atom stereocenters. The summed E-state index contributed by atoms with van der Waals surface area (Å²) < 4.78 is 0. The molecule has 2 rings (SSSR count). The van der Waals surface area contributed by atoms with E-state index in [1.807, 2.05) is 48.0 Å². The largest absolute Gasteiger partial charge is 0.348 e. The van der Waals surface area contributed by atoms with Gasteiger partial charge in [0, 0.05) is 22.4 Å². The van der Waals surface area contributed by atoms with Gasteiger partial charge in [-0.3, -0.25) is 9.59 Å². The molecular weight excluding hydrogens is 316 g/mol. The number of carbonyl (C=O) groups excluding carboxylic acids is 2. The van der Waals surface area contributed by atoms with E-state index >= 15 is 0 Å². The van der Waals surface area contributed by atoms with Crippen LogP contribution in [-0.2, 0) is 9.59 Å². The fraction of sp³-hybridized carbons (Fsp3) is 0.250. The van der Waals surface area contributed by atoms with Crippen molar-refractivity contribution in [1.82, 2.24) is 5.32 Å². The fourth-order valence-corrected chi connectivity index (χ4v) is 3.29. The van der Waals surface area contributed by atoms with E-state index in [1.165, 1.54) is 18.3 Å². The van der Waals surface area contributed by atoms with Gasteiger partial charge in [0.05, 0.1) is 12.5 Å². The Labute approximate surface area is 138 Å². The summed E-state index contributed by atoms with van der Waals surface area (Å²) in [5, 5.41) is 7.65. The molecule has 2 aromatic rings. The van der Waals surface area contributed by atoms with Crippen molar-refractivity contribution in [2.45, 2.75) is 24.3 Å². The molecule has 116 valence electrons. The van der Waals surface area contributed by atoms with Gasteiger partial charge in [-0.2, -0.15) is 0 Å². The SMILES string of the molecule is CSc1cccc(NC(=O)C[C@H](NC(C)=O)c2cccs2)c1. The van der Waals surface area contributed by atoms with Gasteiger partial charge in [0.1, 0.15) is 0 Å². The van der Waals surface area contributed by atoms with Crippen molar-refractivity contribution in [1.29, 1.82) is 0 Å². The zero-order valence-corrected chi connectivity index (χ0v) is 14.1. The van der Waals surface area contributed by atoms with Crippen LogP contribution in [0.5, 0.6) is 0 Å².